The lowest BCUT2D eigenvalue weighted by Crippen LogP contribution is -2.08. The summed E-state index contributed by atoms with van der Waals surface area (Å²) in [4.78, 5) is 4.44. The maximum Gasteiger partial charge on any atom is 0.219 e. The Balaban J connectivity index is 1.82. The summed E-state index contributed by atoms with van der Waals surface area (Å²) in [6, 6.07) is 17.8. The molecule has 1 aliphatic heterocycles. The number of rotatable bonds is 2. The molecule has 0 unspecified atom stereocenters. The normalized spacial score (nSPS) is 18.2. The third kappa shape index (κ3) is 1.95. The Morgan fingerprint density at radius 1 is 1.00 bits per heavy atom. The number of nitrogen functional groups attached to an aromatic ring is 1. The average molecular weight is 238 g/mol. The van der Waals surface area contributed by atoms with E-state index in [9.17, 15) is 0 Å². The SMILES string of the molecule is Nc1ccccc1C1=NC[C@@H](c2ccccc2)O1. The second-order valence-electron chi connectivity index (χ2n) is 4.25. The first-order chi connectivity index (χ1) is 8.84. The van der Waals surface area contributed by atoms with Crippen LogP contribution in [0.25, 0.3) is 0 Å². The molecule has 0 spiro atoms. The molecule has 0 fully saturated rings. The lowest BCUT2D eigenvalue weighted by molar-refractivity contribution is 0.230. The number of para-hydroxylation sites is 1. The second-order valence-corrected chi connectivity index (χ2v) is 4.25. The van der Waals surface area contributed by atoms with Gasteiger partial charge in [-0.15, -0.1) is 0 Å². The second kappa shape index (κ2) is 4.53. The maximum absolute atomic E-state index is 5.92. The molecule has 2 N–H and O–H groups in total. The van der Waals surface area contributed by atoms with Crippen molar-refractivity contribution in [2.24, 2.45) is 4.99 Å². The van der Waals surface area contributed by atoms with Gasteiger partial charge < -0.3 is 10.5 Å². The summed E-state index contributed by atoms with van der Waals surface area (Å²) in [7, 11) is 0. The van der Waals surface area contributed by atoms with E-state index < -0.39 is 0 Å². The topological polar surface area (TPSA) is 47.6 Å². The quantitative estimate of drug-likeness (QED) is 0.818. The number of aliphatic imine (C=N–C) groups is 1. The van der Waals surface area contributed by atoms with Crippen molar-refractivity contribution in [3.8, 4) is 0 Å². The third-order valence-corrected chi connectivity index (χ3v) is 3.02. The molecule has 1 atom stereocenters. The van der Waals surface area contributed by atoms with E-state index in [2.05, 4.69) is 17.1 Å². The summed E-state index contributed by atoms with van der Waals surface area (Å²) >= 11 is 0. The van der Waals surface area contributed by atoms with Crippen LogP contribution in [-0.2, 0) is 4.74 Å². The van der Waals surface area contributed by atoms with Crippen LogP contribution in [0.2, 0.25) is 0 Å². The fraction of sp³-hybridized carbons (Fsp3) is 0.133. The summed E-state index contributed by atoms with van der Waals surface area (Å²) < 4.78 is 5.88. The first kappa shape index (κ1) is 10.8. The molecule has 3 rings (SSSR count). The Labute approximate surface area is 106 Å². The monoisotopic (exact) mass is 238 g/mol. The number of nitrogens with zero attached hydrogens (tertiary/aromatic N) is 1. The van der Waals surface area contributed by atoms with Crippen molar-refractivity contribution < 1.29 is 4.74 Å². The molecule has 0 aliphatic carbocycles. The van der Waals surface area contributed by atoms with E-state index in [1.54, 1.807) is 0 Å². The van der Waals surface area contributed by atoms with Crippen LogP contribution in [0.3, 0.4) is 0 Å². The molecule has 0 aromatic heterocycles. The van der Waals surface area contributed by atoms with E-state index in [0.29, 0.717) is 18.1 Å². The fourth-order valence-electron chi connectivity index (χ4n) is 2.06. The molecule has 0 radical (unpaired) electrons. The number of nitrogens with two attached hydrogens (primary N) is 1. The predicted molar refractivity (Wildman–Crippen MR) is 72.5 cm³/mol. The van der Waals surface area contributed by atoms with Crippen LogP contribution in [0.5, 0.6) is 0 Å². The molecule has 0 amide bonds. The highest BCUT2D eigenvalue weighted by atomic mass is 16.5. The van der Waals surface area contributed by atoms with Crippen LogP contribution in [0.1, 0.15) is 17.2 Å². The number of hydrogen-bond donors (Lipinski definition) is 1. The van der Waals surface area contributed by atoms with Gasteiger partial charge in [0, 0.05) is 5.69 Å². The van der Waals surface area contributed by atoms with Gasteiger partial charge in [-0.05, 0) is 17.7 Å². The number of ether oxygens (including phenoxy) is 1. The molecule has 0 bridgehead atoms. The van der Waals surface area contributed by atoms with Crippen LogP contribution in [0.4, 0.5) is 5.69 Å². The van der Waals surface area contributed by atoms with Crippen molar-refractivity contribution in [1.82, 2.24) is 0 Å². The Kier molecular flexibility index (Phi) is 2.73. The van der Waals surface area contributed by atoms with Crippen LogP contribution < -0.4 is 5.73 Å². The highest BCUT2D eigenvalue weighted by Crippen LogP contribution is 2.26. The Morgan fingerprint density at radius 3 is 2.50 bits per heavy atom. The van der Waals surface area contributed by atoms with Crippen molar-refractivity contribution in [1.29, 1.82) is 0 Å². The molecule has 90 valence electrons. The van der Waals surface area contributed by atoms with Crippen molar-refractivity contribution in [3.05, 3.63) is 65.7 Å². The van der Waals surface area contributed by atoms with Gasteiger partial charge in [0.2, 0.25) is 5.90 Å². The van der Waals surface area contributed by atoms with Gasteiger partial charge in [-0.25, -0.2) is 4.99 Å². The zero-order chi connectivity index (χ0) is 12.4. The lowest BCUT2D eigenvalue weighted by Gasteiger charge is -2.12. The van der Waals surface area contributed by atoms with Crippen LogP contribution in [0.15, 0.2) is 59.6 Å². The molecule has 0 saturated heterocycles. The van der Waals surface area contributed by atoms with E-state index in [0.717, 1.165) is 11.1 Å². The summed E-state index contributed by atoms with van der Waals surface area (Å²) in [6.07, 6.45) is 0.000746. The summed E-state index contributed by atoms with van der Waals surface area (Å²) in [5, 5.41) is 0. The zero-order valence-corrected chi connectivity index (χ0v) is 9.91. The van der Waals surface area contributed by atoms with Gasteiger partial charge in [-0.2, -0.15) is 0 Å². The van der Waals surface area contributed by atoms with Gasteiger partial charge in [-0.3, -0.25) is 0 Å². The molecule has 1 heterocycles. The molecule has 1 aliphatic rings. The molecular weight excluding hydrogens is 224 g/mol. The van der Waals surface area contributed by atoms with E-state index in [4.69, 9.17) is 10.5 Å². The molecule has 3 heteroatoms. The minimum atomic E-state index is 0.000746. The third-order valence-electron chi connectivity index (χ3n) is 3.02. The minimum absolute atomic E-state index is 0.000746. The standard InChI is InChI=1S/C15H14N2O/c16-13-9-5-4-8-12(13)15-17-10-14(18-15)11-6-2-1-3-7-11/h1-9,14H,10,16H2/t14-/m0/s1. The Hall–Kier alpha value is -2.29. The smallest absolute Gasteiger partial charge is 0.219 e. The van der Waals surface area contributed by atoms with Crippen LogP contribution >= 0.6 is 0 Å². The largest absolute Gasteiger partial charge is 0.467 e. The summed E-state index contributed by atoms with van der Waals surface area (Å²) in [6.45, 7) is 0.647. The number of anilines is 1. The van der Waals surface area contributed by atoms with Gasteiger partial charge in [0.05, 0.1) is 12.1 Å². The highest BCUT2D eigenvalue weighted by molar-refractivity contribution is 5.99. The van der Waals surface area contributed by atoms with Gasteiger partial charge in [0.15, 0.2) is 0 Å². The first-order valence-corrected chi connectivity index (χ1v) is 5.95. The average Bonchev–Trinajstić information content (AvgIpc) is 2.90. The van der Waals surface area contributed by atoms with E-state index in [1.165, 1.54) is 0 Å². The molecule has 18 heavy (non-hydrogen) atoms. The summed E-state index contributed by atoms with van der Waals surface area (Å²) in [5.74, 6) is 0.641. The van der Waals surface area contributed by atoms with Crippen molar-refractivity contribution in [2.45, 2.75) is 6.10 Å². The van der Waals surface area contributed by atoms with Gasteiger partial charge in [0.1, 0.15) is 6.10 Å². The number of benzene rings is 2. The maximum atomic E-state index is 5.92. The van der Waals surface area contributed by atoms with Crippen molar-refractivity contribution >= 4 is 11.6 Å². The molecule has 0 saturated carbocycles. The zero-order valence-electron chi connectivity index (χ0n) is 9.91. The van der Waals surface area contributed by atoms with Crippen LogP contribution in [0, 0.1) is 0 Å². The van der Waals surface area contributed by atoms with Crippen molar-refractivity contribution in [2.75, 3.05) is 12.3 Å². The predicted octanol–water partition coefficient (Wildman–Crippen LogP) is 2.79. The summed E-state index contributed by atoms with van der Waals surface area (Å²) in [5.41, 5.74) is 8.64. The van der Waals surface area contributed by atoms with E-state index in [1.807, 2.05) is 42.5 Å². The Morgan fingerprint density at radius 2 is 1.72 bits per heavy atom. The van der Waals surface area contributed by atoms with Gasteiger partial charge in [-0.1, -0.05) is 42.5 Å². The highest BCUT2D eigenvalue weighted by Gasteiger charge is 2.23. The van der Waals surface area contributed by atoms with Gasteiger partial charge in [0.25, 0.3) is 0 Å². The fourth-order valence-corrected chi connectivity index (χ4v) is 2.06. The van der Waals surface area contributed by atoms with E-state index in [-0.39, 0.29) is 6.10 Å². The van der Waals surface area contributed by atoms with Crippen molar-refractivity contribution in [3.63, 3.8) is 0 Å². The molecular formula is C15H14N2O. The Bertz CT molecular complexity index is 578. The number of hydrogen-bond acceptors (Lipinski definition) is 3. The molecule has 2 aromatic rings. The minimum Gasteiger partial charge on any atom is -0.467 e. The molecule has 2 aromatic carbocycles. The van der Waals surface area contributed by atoms with Crippen LogP contribution in [-0.4, -0.2) is 12.4 Å². The lowest BCUT2D eigenvalue weighted by atomic mass is 10.1. The van der Waals surface area contributed by atoms with E-state index >= 15 is 0 Å². The first-order valence-electron chi connectivity index (χ1n) is 5.95. The van der Waals surface area contributed by atoms with Gasteiger partial charge >= 0.3 is 0 Å². The molecule has 3 nitrogen and oxygen atoms in total.